The Balaban J connectivity index is 1.83. The summed E-state index contributed by atoms with van der Waals surface area (Å²) in [5, 5.41) is 6.88. The minimum Gasteiger partial charge on any atom is -0.497 e. The molecule has 0 bridgehead atoms. The molecule has 0 aliphatic rings. The van der Waals surface area contributed by atoms with Crippen LogP contribution in [0.25, 0.3) is 22.8 Å². The summed E-state index contributed by atoms with van der Waals surface area (Å²) in [7, 11) is 1.62. The van der Waals surface area contributed by atoms with E-state index in [2.05, 4.69) is 15.5 Å². The van der Waals surface area contributed by atoms with Crippen molar-refractivity contribution in [2.24, 2.45) is 5.92 Å². The Labute approximate surface area is 145 Å². The van der Waals surface area contributed by atoms with Crippen molar-refractivity contribution in [2.45, 2.75) is 13.8 Å². The fourth-order valence-electron chi connectivity index (χ4n) is 2.21. The van der Waals surface area contributed by atoms with Crippen LogP contribution in [0.4, 0.5) is 5.69 Å². The molecule has 1 aromatic heterocycles. The standard InChI is InChI=1S/C19H19N3O3/c1-12(2)18(23)20-15-6-4-5-14(11-15)19-21-17(22-25-19)13-7-9-16(24-3)10-8-13/h4-12H,1-3H3,(H,20,23). The highest BCUT2D eigenvalue weighted by Crippen LogP contribution is 2.25. The van der Waals surface area contributed by atoms with E-state index in [4.69, 9.17) is 9.26 Å². The number of aromatic nitrogens is 2. The summed E-state index contributed by atoms with van der Waals surface area (Å²) in [4.78, 5) is 16.3. The van der Waals surface area contributed by atoms with Crippen molar-refractivity contribution in [1.29, 1.82) is 0 Å². The summed E-state index contributed by atoms with van der Waals surface area (Å²) >= 11 is 0. The molecule has 6 heteroatoms. The third kappa shape index (κ3) is 3.85. The van der Waals surface area contributed by atoms with Crippen molar-refractivity contribution >= 4 is 11.6 Å². The largest absolute Gasteiger partial charge is 0.497 e. The fraction of sp³-hybridized carbons (Fsp3) is 0.211. The molecule has 0 spiro atoms. The van der Waals surface area contributed by atoms with Crippen LogP contribution < -0.4 is 10.1 Å². The first-order valence-electron chi connectivity index (χ1n) is 7.96. The van der Waals surface area contributed by atoms with Crippen LogP contribution in [0, 0.1) is 5.92 Å². The van der Waals surface area contributed by atoms with E-state index < -0.39 is 0 Å². The van der Waals surface area contributed by atoms with E-state index in [1.807, 2.05) is 62.4 Å². The number of ether oxygens (including phenoxy) is 1. The van der Waals surface area contributed by atoms with Gasteiger partial charge in [0.05, 0.1) is 7.11 Å². The second kappa shape index (κ2) is 7.17. The lowest BCUT2D eigenvalue weighted by atomic mass is 10.1. The molecule has 0 fully saturated rings. The summed E-state index contributed by atoms with van der Waals surface area (Å²) in [6.07, 6.45) is 0. The van der Waals surface area contributed by atoms with Gasteiger partial charge in [-0.2, -0.15) is 4.98 Å². The number of carbonyl (C=O) groups excluding carboxylic acids is 1. The first kappa shape index (κ1) is 16.7. The predicted octanol–water partition coefficient (Wildman–Crippen LogP) is 4.01. The first-order chi connectivity index (χ1) is 12.1. The van der Waals surface area contributed by atoms with Crippen LogP contribution in [0.5, 0.6) is 5.75 Å². The third-order valence-corrected chi connectivity index (χ3v) is 3.68. The molecule has 128 valence electrons. The molecule has 0 atom stereocenters. The van der Waals surface area contributed by atoms with Gasteiger partial charge in [-0.3, -0.25) is 4.79 Å². The second-order valence-corrected chi connectivity index (χ2v) is 5.88. The van der Waals surface area contributed by atoms with Gasteiger partial charge in [-0.25, -0.2) is 0 Å². The molecule has 0 saturated heterocycles. The van der Waals surface area contributed by atoms with E-state index >= 15 is 0 Å². The number of carbonyl (C=O) groups is 1. The number of hydrogen-bond donors (Lipinski definition) is 1. The maximum Gasteiger partial charge on any atom is 0.258 e. The Hall–Kier alpha value is -3.15. The van der Waals surface area contributed by atoms with Crippen molar-refractivity contribution in [2.75, 3.05) is 12.4 Å². The lowest BCUT2D eigenvalue weighted by Crippen LogP contribution is -2.17. The number of anilines is 1. The Kier molecular flexibility index (Phi) is 4.79. The quantitative estimate of drug-likeness (QED) is 0.761. The van der Waals surface area contributed by atoms with Gasteiger partial charge < -0.3 is 14.6 Å². The number of benzene rings is 2. The van der Waals surface area contributed by atoms with Crippen molar-refractivity contribution < 1.29 is 14.1 Å². The van der Waals surface area contributed by atoms with Gasteiger partial charge in [-0.15, -0.1) is 0 Å². The van der Waals surface area contributed by atoms with Gasteiger partial charge >= 0.3 is 0 Å². The van der Waals surface area contributed by atoms with Crippen LogP contribution in [-0.4, -0.2) is 23.2 Å². The highest BCUT2D eigenvalue weighted by Gasteiger charge is 2.12. The molecule has 25 heavy (non-hydrogen) atoms. The van der Waals surface area contributed by atoms with Crippen molar-refractivity contribution in [3.8, 4) is 28.6 Å². The zero-order valence-electron chi connectivity index (χ0n) is 14.3. The van der Waals surface area contributed by atoms with Crippen LogP contribution in [0.3, 0.4) is 0 Å². The summed E-state index contributed by atoms with van der Waals surface area (Å²) in [6, 6.07) is 14.7. The van der Waals surface area contributed by atoms with Crippen LogP contribution in [-0.2, 0) is 4.79 Å². The Morgan fingerprint density at radius 2 is 1.88 bits per heavy atom. The molecule has 0 saturated carbocycles. The second-order valence-electron chi connectivity index (χ2n) is 5.88. The summed E-state index contributed by atoms with van der Waals surface area (Å²) in [6.45, 7) is 3.69. The van der Waals surface area contributed by atoms with E-state index in [0.29, 0.717) is 17.4 Å². The molecule has 1 amide bonds. The van der Waals surface area contributed by atoms with Crippen molar-refractivity contribution in [3.63, 3.8) is 0 Å². The van der Waals surface area contributed by atoms with Crippen LogP contribution in [0.15, 0.2) is 53.1 Å². The smallest absolute Gasteiger partial charge is 0.258 e. The lowest BCUT2D eigenvalue weighted by molar-refractivity contribution is -0.118. The van der Waals surface area contributed by atoms with Gasteiger partial charge in [0.1, 0.15) is 5.75 Å². The molecule has 1 N–H and O–H groups in total. The molecule has 3 aromatic rings. The lowest BCUT2D eigenvalue weighted by Gasteiger charge is -2.07. The van der Waals surface area contributed by atoms with Gasteiger partial charge in [-0.05, 0) is 42.5 Å². The minimum atomic E-state index is -0.0891. The molecule has 6 nitrogen and oxygen atoms in total. The SMILES string of the molecule is COc1ccc(-c2noc(-c3cccc(NC(=O)C(C)C)c3)n2)cc1. The molecule has 0 aliphatic heterocycles. The maximum absolute atomic E-state index is 11.8. The van der Waals surface area contributed by atoms with Gasteiger partial charge in [0, 0.05) is 22.7 Å². The summed E-state index contributed by atoms with van der Waals surface area (Å²) < 4.78 is 10.5. The van der Waals surface area contributed by atoms with Gasteiger partial charge in [0.25, 0.3) is 5.89 Å². The predicted molar refractivity (Wildman–Crippen MR) is 95.2 cm³/mol. The first-order valence-corrected chi connectivity index (χ1v) is 7.96. The third-order valence-electron chi connectivity index (χ3n) is 3.68. The molecule has 0 aliphatic carbocycles. The van der Waals surface area contributed by atoms with Gasteiger partial charge in [-0.1, -0.05) is 25.1 Å². The molecule has 3 rings (SSSR count). The zero-order chi connectivity index (χ0) is 17.8. The minimum absolute atomic E-state index is 0.0402. The van der Waals surface area contributed by atoms with Crippen LogP contribution in [0.1, 0.15) is 13.8 Å². The Bertz CT molecular complexity index is 870. The monoisotopic (exact) mass is 337 g/mol. The number of hydrogen-bond acceptors (Lipinski definition) is 5. The van der Waals surface area contributed by atoms with Crippen LogP contribution >= 0.6 is 0 Å². The molecular weight excluding hydrogens is 318 g/mol. The molecule has 0 unspecified atom stereocenters. The maximum atomic E-state index is 11.8. The normalized spacial score (nSPS) is 10.7. The number of nitrogens with one attached hydrogen (secondary N) is 1. The molecule has 1 heterocycles. The fourth-order valence-corrected chi connectivity index (χ4v) is 2.21. The van der Waals surface area contributed by atoms with Crippen LogP contribution in [0.2, 0.25) is 0 Å². The highest BCUT2D eigenvalue weighted by molar-refractivity contribution is 5.92. The Morgan fingerprint density at radius 3 is 2.56 bits per heavy atom. The number of rotatable bonds is 5. The van der Waals surface area contributed by atoms with Crippen molar-refractivity contribution in [3.05, 3.63) is 48.5 Å². The summed E-state index contributed by atoms with van der Waals surface area (Å²) in [5.41, 5.74) is 2.27. The molecular formula is C19H19N3O3. The summed E-state index contributed by atoms with van der Waals surface area (Å²) in [5.74, 6) is 1.53. The highest BCUT2D eigenvalue weighted by atomic mass is 16.5. The zero-order valence-corrected chi connectivity index (χ0v) is 14.3. The number of amides is 1. The number of nitrogens with zero attached hydrogens (tertiary/aromatic N) is 2. The average molecular weight is 337 g/mol. The van der Waals surface area contributed by atoms with Crippen molar-refractivity contribution in [1.82, 2.24) is 10.1 Å². The van der Waals surface area contributed by atoms with E-state index in [1.165, 1.54) is 0 Å². The molecule has 0 radical (unpaired) electrons. The topological polar surface area (TPSA) is 77.3 Å². The van der Waals surface area contributed by atoms with Gasteiger partial charge in [0.15, 0.2) is 0 Å². The van der Waals surface area contributed by atoms with E-state index in [1.54, 1.807) is 7.11 Å². The van der Waals surface area contributed by atoms with E-state index in [0.717, 1.165) is 16.9 Å². The Morgan fingerprint density at radius 1 is 1.12 bits per heavy atom. The van der Waals surface area contributed by atoms with E-state index in [-0.39, 0.29) is 11.8 Å². The van der Waals surface area contributed by atoms with E-state index in [9.17, 15) is 4.79 Å². The number of methoxy groups -OCH3 is 1. The van der Waals surface area contributed by atoms with Gasteiger partial charge in [0.2, 0.25) is 11.7 Å². The average Bonchev–Trinajstić information content (AvgIpc) is 3.12. The molecule has 2 aromatic carbocycles.